The number of hydrogen-bond donors (Lipinski definition) is 1. The summed E-state index contributed by atoms with van der Waals surface area (Å²) in [7, 11) is 1.65. The fraction of sp³-hybridized carbons (Fsp3) is 0.458. The molecule has 1 unspecified atom stereocenters. The molecule has 5 nitrogen and oxygen atoms in total. The van der Waals surface area contributed by atoms with E-state index in [1.165, 1.54) is 5.56 Å². The van der Waals surface area contributed by atoms with Crippen molar-refractivity contribution < 1.29 is 14.3 Å². The third-order valence-corrected chi connectivity index (χ3v) is 5.72. The zero-order valence-electron chi connectivity index (χ0n) is 17.5. The number of rotatable bonds is 8. The van der Waals surface area contributed by atoms with Gasteiger partial charge in [-0.25, -0.2) is 0 Å². The number of nitrogen functional groups attached to an aromatic ring is 1. The van der Waals surface area contributed by atoms with Gasteiger partial charge in [-0.1, -0.05) is 36.4 Å². The van der Waals surface area contributed by atoms with Crippen LogP contribution in [-0.4, -0.2) is 39.4 Å². The van der Waals surface area contributed by atoms with Crippen molar-refractivity contribution in [1.82, 2.24) is 0 Å². The largest absolute Gasteiger partial charge is 0.466 e. The Morgan fingerprint density at radius 1 is 1.17 bits per heavy atom. The molecular weight excluding hydrogens is 364 g/mol. The van der Waals surface area contributed by atoms with Gasteiger partial charge in [0.15, 0.2) is 0 Å². The molecule has 1 atom stereocenters. The number of benzene rings is 2. The second-order valence-electron chi connectivity index (χ2n) is 7.65. The number of hydrogen-bond acceptors (Lipinski definition) is 5. The Hall–Kier alpha value is -2.53. The molecule has 5 heteroatoms. The van der Waals surface area contributed by atoms with E-state index in [1.807, 2.05) is 13.0 Å². The van der Waals surface area contributed by atoms with Crippen LogP contribution in [-0.2, 0) is 14.3 Å². The summed E-state index contributed by atoms with van der Waals surface area (Å²) in [5.41, 5.74) is 10.7. The topological polar surface area (TPSA) is 64.8 Å². The van der Waals surface area contributed by atoms with E-state index in [4.69, 9.17) is 15.2 Å². The summed E-state index contributed by atoms with van der Waals surface area (Å²) in [5.74, 6) is 0.350. The highest BCUT2D eigenvalue weighted by Gasteiger charge is 2.23. The highest BCUT2D eigenvalue weighted by atomic mass is 16.5. The van der Waals surface area contributed by atoms with E-state index < -0.39 is 0 Å². The average Bonchev–Trinajstić information content (AvgIpc) is 2.74. The first kappa shape index (κ1) is 21.2. The van der Waals surface area contributed by atoms with Gasteiger partial charge in [-0.2, -0.15) is 0 Å². The van der Waals surface area contributed by atoms with E-state index in [1.54, 1.807) is 7.11 Å². The van der Waals surface area contributed by atoms with Gasteiger partial charge in [0.2, 0.25) is 0 Å². The minimum Gasteiger partial charge on any atom is -0.466 e. The van der Waals surface area contributed by atoms with Crippen LogP contribution in [0.4, 0.5) is 11.4 Å². The third-order valence-electron chi connectivity index (χ3n) is 5.72. The molecule has 0 spiro atoms. The predicted octanol–water partition coefficient (Wildman–Crippen LogP) is 4.34. The smallest absolute Gasteiger partial charge is 0.306 e. The number of ether oxygens (including phenoxy) is 2. The molecule has 1 aliphatic rings. The molecule has 2 aromatic carbocycles. The van der Waals surface area contributed by atoms with Gasteiger partial charge in [0.1, 0.15) is 0 Å². The molecule has 0 saturated carbocycles. The lowest BCUT2D eigenvalue weighted by atomic mass is 9.89. The minimum absolute atomic E-state index is 0.0563. The van der Waals surface area contributed by atoms with Crippen molar-refractivity contribution in [2.24, 2.45) is 0 Å². The van der Waals surface area contributed by atoms with Crippen LogP contribution in [0, 0.1) is 0 Å². The normalized spacial score (nSPS) is 15.9. The molecule has 1 aliphatic heterocycles. The van der Waals surface area contributed by atoms with Crippen LogP contribution in [0.15, 0.2) is 48.5 Å². The molecule has 0 amide bonds. The quantitative estimate of drug-likeness (QED) is 0.531. The van der Waals surface area contributed by atoms with Crippen molar-refractivity contribution in [1.29, 1.82) is 0 Å². The standard InChI is InChI=1S/C24H32N2O3/c1-3-29-24(27)16-21(17-28-2)20-9-10-23(22(25)15-20)26-13-11-19(12-14-26)18-7-5-4-6-8-18/h4-10,15,19,21H,3,11-14,16-17,25H2,1-2H3. The Morgan fingerprint density at radius 2 is 1.90 bits per heavy atom. The van der Waals surface area contributed by atoms with Gasteiger partial charge in [0, 0.05) is 26.1 Å². The Bertz CT molecular complexity index is 786. The van der Waals surface area contributed by atoms with E-state index in [0.29, 0.717) is 25.6 Å². The third kappa shape index (κ3) is 5.51. The Balaban J connectivity index is 1.66. The minimum atomic E-state index is -0.208. The van der Waals surface area contributed by atoms with Crippen molar-refractivity contribution in [3.05, 3.63) is 59.7 Å². The Morgan fingerprint density at radius 3 is 2.52 bits per heavy atom. The molecule has 1 saturated heterocycles. The fourth-order valence-corrected chi connectivity index (χ4v) is 4.19. The van der Waals surface area contributed by atoms with Gasteiger partial charge < -0.3 is 20.1 Å². The number of piperidine rings is 1. The summed E-state index contributed by atoms with van der Waals surface area (Å²) in [6, 6.07) is 16.9. The molecule has 0 aliphatic carbocycles. The zero-order chi connectivity index (χ0) is 20.6. The van der Waals surface area contributed by atoms with Crippen LogP contribution >= 0.6 is 0 Å². The molecular formula is C24H32N2O3. The lowest BCUT2D eigenvalue weighted by Gasteiger charge is -2.34. The van der Waals surface area contributed by atoms with E-state index in [-0.39, 0.29) is 11.9 Å². The summed E-state index contributed by atoms with van der Waals surface area (Å²) in [5, 5.41) is 0. The monoisotopic (exact) mass is 396 g/mol. The van der Waals surface area contributed by atoms with Crippen LogP contribution in [0.1, 0.15) is 49.1 Å². The van der Waals surface area contributed by atoms with Gasteiger partial charge in [-0.3, -0.25) is 4.79 Å². The average molecular weight is 397 g/mol. The second-order valence-corrected chi connectivity index (χ2v) is 7.65. The number of anilines is 2. The SMILES string of the molecule is CCOC(=O)CC(COC)c1ccc(N2CCC(c3ccccc3)CC2)c(N)c1. The highest BCUT2D eigenvalue weighted by molar-refractivity contribution is 5.72. The first-order valence-electron chi connectivity index (χ1n) is 10.5. The number of nitrogens with two attached hydrogens (primary N) is 1. The van der Waals surface area contributed by atoms with Crippen LogP contribution in [0.5, 0.6) is 0 Å². The molecule has 2 aromatic rings. The van der Waals surface area contributed by atoms with E-state index >= 15 is 0 Å². The summed E-state index contributed by atoms with van der Waals surface area (Å²) >= 11 is 0. The van der Waals surface area contributed by atoms with Gasteiger partial charge in [0.05, 0.1) is 31.0 Å². The van der Waals surface area contributed by atoms with Crippen molar-refractivity contribution in [3.8, 4) is 0 Å². The molecule has 156 valence electrons. The number of carbonyl (C=O) groups is 1. The Kier molecular flexibility index (Phi) is 7.53. The lowest BCUT2D eigenvalue weighted by molar-refractivity contribution is -0.143. The number of methoxy groups -OCH3 is 1. The summed E-state index contributed by atoms with van der Waals surface area (Å²) in [4.78, 5) is 14.3. The molecule has 2 N–H and O–H groups in total. The second kappa shape index (κ2) is 10.3. The molecule has 0 radical (unpaired) electrons. The molecule has 1 fully saturated rings. The summed E-state index contributed by atoms with van der Waals surface area (Å²) in [6.45, 7) is 4.65. The molecule has 29 heavy (non-hydrogen) atoms. The van der Waals surface area contributed by atoms with E-state index in [2.05, 4.69) is 47.4 Å². The number of nitrogens with zero attached hydrogens (tertiary/aromatic N) is 1. The fourth-order valence-electron chi connectivity index (χ4n) is 4.19. The van der Waals surface area contributed by atoms with E-state index in [9.17, 15) is 4.79 Å². The Labute approximate surface area is 173 Å². The van der Waals surface area contributed by atoms with Gasteiger partial charge >= 0.3 is 5.97 Å². The summed E-state index contributed by atoms with van der Waals surface area (Å²) < 4.78 is 10.4. The maximum absolute atomic E-state index is 11.9. The van der Waals surface area contributed by atoms with Gasteiger partial charge in [-0.15, -0.1) is 0 Å². The predicted molar refractivity (Wildman–Crippen MR) is 117 cm³/mol. The van der Waals surface area contributed by atoms with Crippen molar-refractivity contribution >= 4 is 17.3 Å². The first-order valence-corrected chi connectivity index (χ1v) is 10.5. The number of esters is 1. The lowest BCUT2D eigenvalue weighted by Crippen LogP contribution is -2.33. The van der Waals surface area contributed by atoms with Crippen molar-refractivity contribution in [2.45, 2.75) is 38.0 Å². The molecule has 0 aromatic heterocycles. The first-order chi connectivity index (χ1) is 14.1. The summed E-state index contributed by atoms with van der Waals surface area (Å²) in [6.07, 6.45) is 2.55. The van der Waals surface area contributed by atoms with Crippen LogP contribution in [0.25, 0.3) is 0 Å². The van der Waals surface area contributed by atoms with E-state index in [0.717, 1.165) is 42.9 Å². The molecule has 3 rings (SSSR count). The highest BCUT2D eigenvalue weighted by Crippen LogP contribution is 2.34. The molecule has 0 bridgehead atoms. The number of carbonyl (C=O) groups excluding carboxylic acids is 1. The van der Waals surface area contributed by atoms with Crippen molar-refractivity contribution in [3.63, 3.8) is 0 Å². The van der Waals surface area contributed by atoms with Crippen molar-refractivity contribution in [2.75, 3.05) is 44.0 Å². The molecule has 1 heterocycles. The zero-order valence-corrected chi connectivity index (χ0v) is 17.5. The van der Waals surface area contributed by atoms with Gasteiger partial charge in [-0.05, 0) is 48.9 Å². The maximum atomic E-state index is 11.9. The van der Waals surface area contributed by atoms with Gasteiger partial charge in [0.25, 0.3) is 0 Å². The maximum Gasteiger partial charge on any atom is 0.306 e. The van der Waals surface area contributed by atoms with Crippen LogP contribution in [0.2, 0.25) is 0 Å². The van der Waals surface area contributed by atoms with Crippen LogP contribution in [0.3, 0.4) is 0 Å². The van der Waals surface area contributed by atoms with Crippen LogP contribution < -0.4 is 10.6 Å².